The Morgan fingerprint density at radius 1 is 1.00 bits per heavy atom. The fraction of sp³-hybridized carbons (Fsp3) is 0.407. The molecule has 0 aliphatic carbocycles. The number of carbonyl (C=O) groups is 1. The van der Waals surface area contributed by atoms with Crippen molar-refractivity contribution in [2.24, 2.45) is 0 Å². The summed E-state index contributed by atoms with van der Waals surface area (Å²) in [4.78, 5) is 22.0. The van der Waals surface area contributed by atoms with E-state index in [0.29, 0.717) is 19.6 Å². The first-order valence-electron chi connectivity index (χ1n) is 11.8. The summed E-state index contributed by atoms with van der Waals surface area (Å²) in [6.45, 7) is 12.8. The number of nitrogens with zero attached hydrogens (tertiary/aromatic N) is 4. The van der Waals surface area contributed by atoms with Crippen LogP contribution in [0.5, 0.6) is 5.75 Å². The molecule has 1 aliphatic heterocycles. The van der Waals surface area contributed by atoms with Crippen LogP contribution in [0.1, 0.15) is 35.1 Å². The first-order chi connectivity index (χ1) is 16.0. The fourth-order valence-electron chi connectivity index (χ4n) is 4.58. The highest BCUT2D eigenvalue weighted by atomic mass is 16.5. The maximum atomic E-state index is 12.9. The molecule has 4 rings (SSSR count). The predicted octanol–water partition coefficient (Wildman–Crippen LogP) is 4.08. The number of para-hydroxylation sites is 1. The van der Waals surface area contributed by atoms with E-state index in [9.17, 15) is 4.79 Å². The van der Waals surface area contributed by atoms with Crippen molar-refractivity contribution in [2.45, 2.75) is 40.7 Å². The molecule has 0 saturated carbocycles. The normalized spacial score (nSPS) is 15.6. The van der Waals surface area contributed by atoms with Crippen LogP contribution in [0.3, 0.4) is 0 Å². The van der Waals surface area contributed by atoms with Gasteiger partial charge in [0.1, 0.15) is 18.2 Å². The average Bonchev–Trinajstić information content (AvgIpc) is 3.06. The Labute approximate surface area is 196 Å². The molecule has 0 fully saturated rings. The Bertz CT molecular complexity index is 1120. The van der Waals surface area contributed by atoms with Gasteiger partial charge in [-0.1, -0.05) is 24.3 Å². The second kappa shape index (κ2) is 10.2. The monoisotopic (exact) mass is 446 g/mol. The third kappa shape index (κ3) is 5.28. The lowest BCUT2D eigenvalue weighted by Gasteiger charge is -2.26. The Morgan fingerprint density at radius 2 is 1.82 bits per heavy atom. The predicted molar refractivity (Wildman–Crippen MR) is 131 cm³/mol. The summed E-state index contributed by atoms with van der Waals surface area (Å²) in [5.41, 5.74) is 5.63. The van der Waals surface area contributed by atoms with Crippen molar-refractivity contribution in [1.82, 2.24) is 19.4 Å². The molecule has 0 bridgehead atoms. The van der Waals surface area contributed by atoms with Gasteiger partial charge in [0.15, 0.2) is 0 Å². The minimum Gasteiger partial charge on any atom is -0.492 e. The van der Waals surface area contributed by atoms with Crippen molar-refractivity contribution in [3.05, 3.63) is 76.7 Å². The van der Waals surface area contributed by atoms with Gasteiger partial charge in [0, 0.05) is 55.4 Å². The highest BCUT2D eigenvalue weighted by molar-refractivity contribution is 5.79. The third-order valence-electron chi connectivity index (χ3n) is 6.43. The van der Waals surface area contributed by atoms with Crippen LogP contribution in [-0.4, -0.2) is 58.0 Å². The number of aromatic nitrogens is 2. The molecule has 2 aromatic heterocycles. The number of amides is 1. The molecule has 6 nitrogen and oxygen atoms in total. The molecule has 3 heterocycles. The van der Waals surface area contributed by atoms with Crippen molar-refractivity contribution in [1.29, 1.82) is 0 Å². The standard InChI is InChI=1S/C27H34N4O2/c1-5-30-14-13-29(15-16-33-25-11-7-6-10-23(25)18-27(30)32)19-24-17-21(3)31(22(24)4)26-12-8-9-20(2)28-26/h6-12,17H,5,13-16,18-19H2,1-4H3. The molecule has 0 spiro atoms. The highest BCUT2D eigenvalue weighted by Gasteiger charge is 2.20. The molecule has 1 amide bonds. The molecule has 6 heteroatoms. The van der Waals surface area contributed by atoms with Gasteiger partial charge in [-0.15, -0.1) is 0 Å². The van der Waals surface area contributed by atoms with E-state index >= 15 is 0 Å². The minimum atomic E-state index is 0.152. The molecule has 0 saturated heterocycles. The van der Waals surface area contributed by atoms with Crippen LogP contribution in [0, 0.1) is 20.8 Å². The molecule has 1 aliphatic rings. The molecule has 1 aromatic carbocycles. The first kappa shape index (κ1) is 23.1. The Kier molecular flexibility index (Phi) is 7.14. The summed E-state index contributed by atoms with van der Waals surface area (Å²) < 4.78 is 8.34. The maximum Gasteiger partial charge on any atom is 0.227 e. The van der Waals surface area contributed by atoms with Crippen LogP contribution < -0.4 is 4.74 Å². The van der Waals surface area contributed by atoms with Crippen LogP contribution in [0.4, 0.5) is 0 Å². The van der Waals surface area contributed by atoms with Crippen LogP contribution in [0.2, 0.25) is 0 Å². The van der Waals surface area contributed by atoms with E-state index in [0.717, 1.165) is 49.0 Å². The van der Waals surface area contributed by atoms with E-state index < -0.39 is 0 Å². The summed E-state index contributed by atoms with van der Waals surface area (Å²) in [7, 11) is 0. The summed E-state index contributed by atoms with van der Waals surface area (Å²) in [5.74, 6) is 1.92. The number of carbonyl (C=O) groups excluding carboxylic acids is 1. The topological polar surface area (TPSA) is 50.6 Å². The maximum absolute atomic E-state index is 12.9. The van der Waals surface area contributed by atoms with Crippen molar-refractivity contribution < 1.29 is 9.53 Å². The number of hydrogen-bond donors (Lipinski definition) is 0. The third-order valence-corrected chi connectivity index (χ3v) is 6.43. The number of benzene rings is 1. The lowest BCUT2D eigenvalue weighted by molar-refractivity contribution is -0.130. The second-order valence-electron chi connectivity index (χ2n) is 8.75. The van der Waals surface area contributed by atoms with E-state index in [1.807, 2.05) is 49.1 Å². The molecule has 3 aromatic rings. The smallest absolute Gasteiger partial charge is 0.227 e. The summed E-state index contributed by atoms with van der Waals surface area (Å²) >= 11 is 0. The number of fused-ring (bicyclic) bond motifs is 1. The zero-order valence-corrected chi connectivity index (χ0v) is 20.2. The van der Waals surface area contributed by atoms with Crippen LogP contribution in [0.25, 0.3) is 5.82 Å². The minimum absolute atomic E-state index is 0.152. The molecule has 174 valence electrons. The van der Waals surface area contributed by atoms with Crippen molar-refractivity contribution >= 4 is 5.91 Å². The van der Waals surface area contributed by atoms with E-state index in [1.165, 1.54) is 17.0 Å². The number of hydrogen-bond acceptors (Lipinski definition) is 4. The number of likely N-dealkylation sites (N-methyl/N-ethyl adjacent to an activating group) is 1. The number of ether oxygens (including phenoxy) is 1. The molecule has 33 heavy (non-hydrogen) atoms. The van der Waals surface area contributed by atoms with Crippen molar-refractivity contribution in [3.8, 4) is 11.6 Å². The van der Waals surface area contributed by atoms with Gasteiger partial charge in [-0.25, -0.2) is 4.98 Å². The van der Waals surface area contributed by atoms with Gasteiger partial charge in [0.2, 0.25) is 5.91 Å². The molecular formula is C27H34N4O2. The quantitative estimate of drug-likeness (QED) is 0.606. The van der Waals surface area contributed by atoms with Gasteiger partial charge in [-0.3, -0.25) is 9.69 Å². The number of pyridine rings is 1. The fourth-order valence-corrected chi connectivity index (χ4v) is 4.58. The van der Waals surface area contributed by atoms with Gasteiger partial charge in [-0.05, 0) is 57.5 Å². The zero-order chi connectivity index (χ0) is 23.4. The molecule has 0 radical (unpaired) electrons. The zero-order valence-electron chi connectivity index (χ0n) is 20.2. The largest absolute Gasteiger partial charge is 0.492 e. The van der Waals surface area contributed by atoms with Crippen molar-refractivity contribution in [2.75, 3.05) is 32.8 Å². The summed E-state index contributed by atoms with van der Waals surface area (Å²) in [5, 5.41) is 0. The van der Waals surface area contributed by atoms with Gasteiger partial charge in [0.25, 0.3) is 0 Å². The van der Waals surface area contributed by atoms with Gasteiger partial charge >= 0.3 is 0 Å². The van der Waals surface area contributed by atoms with Crippen LogP contribution in [0.15, 0.2) is 48.5 Å². The van der Waals surface area contributed by atoms with Gasteiger partial charge in [-0.2, -0.15) is 0 Å². The molecule has 0 unspecified atom stereocenters. The Hall–Kier alpha value is -3.12. The first-order valence-corrected chi connectivity index (χ1v) is 11.8. The lowest BCUT2D eigenvalue weighted by atomic mass is 10.1. The lowest BCUT2D eigenvalue weighted by Crippen LogP contribution is -2.39. The van der Waals surface area contributed by atoms with Crippen molar-refractivity contribution in [3.63, 3.8) is 0 Å². The van der Waals surface area contributed by atoms with E-state index in [-0.39, 0.29) is 5.91 Å². The van der Waals surface area contributed by atoms with Gasteiger partial charge in [0.05, 0.1) is 6.42 Å². The molecule has 0 atom stereocenters. The SMILES string of the molecule is CCN1CCN(Cc2cc(C)n(-c3cccc(C)n3)c2C)CCOc2ccccc2CC1=O. The molecular weight excluding hydrogens is 412 g/mol. The van der Waals surface area contributed by atoms with E-state index in [1.54, 1.807) is 0 Å². The summed E-state index contributed by atoms with van der Waals surface area (Å²) in [6.07, 6.45) is 0.384. The Morgan fingerprint density at radius 3 is 2.61 bits per heavy atom. The van der Waals surface area contributed by atoms with Crippen LogP contribution >= 0.6 is 0 Å². The molecule has 0 N–H and O–H groups in total. The van der Waals surface area contributed by atoms with E-state index in [2.05, 4.69) is 41.5 Å². The highest BCUT2D eigenvalue weighted by Crippen LogP contribution is 2.23. The Balaban J connectivity index is 1.56. The average molecular weight is 447 g/mol. The van der Waals surface area contributed by atoms with Gasteiger partial charge < -0.3 is 14.2 Å². The second-order valence-corrected chi connectivity index (χ2v) is 8.75. The summed E-state index contributed by atoms with van der Waals surface area (Å²) in [6, 6.07) is 16.3. The number of aryl methyl sites for hydroxylation is 2. The van der Waals surface area contributed by atoms with Crippen LogP contribution in [-0.2, 0) is 17.8 Å². The number of rotatable bonds is 4. The van der Waals surface area contributed by atoms with E-state index in [4.69, 9.17) is 9.72 Å².